The van der Waals surface area contributed by atoms with Gasteiger partial charge >= 0.3 is 0 Å². The quantitative estimate of drug-likeness (QED) is 0.676. The van der Waals surface area contributed by atoms with Gasteiger partial charge in [0.15, 0.2) is 6.29 Å². The van der Waals surface area contributed by atoms with Crippen molar-refractivity contribution < 1.29 is 4.79 Å². The molecular formula is C11H15N3O. The van der Waals surface area contributed by atoms with Gasteiger partial charge in [-0.05, 0) is 25.2 Å². The maximum absolute atomic E-state index is 11.0. The maximum Gasteiger partial charge on any atom is 0.155 e. The Morgan fingerprint density at radius 2 is 2.07 bits per heavy atom. The van der Waals surface area contributed by atoms with E-state index >= 15 is 0 Å². The summed E-state index contributed by atoms with van der Waals surface area (Å²) < 4.78 is 1.84. The van der Waals surface area contributed by atoms with E-state index < -0.39 is 0 Å². The van der Waals surface area contributed by atoms with Crippen LogP contribution in [0.15, 0.2) is 0 Å². The third-order valence-electron chi connectivity index (χ3n) is 3.63. The highest BCUT2D eigenvalue weighted by Crippen LogP contribution is 2.46. The molecule has 0 radical (unpaired) electrons. The van der Waals surface area contributed by atoms with E-state index in [-0.39, 0.29) is 0 Å². The van der Waals surface area contributed by atoms with E-state index in [4.69, 9.17) is 0 Å². The van der Waals surface area contributed by atoms with Crippen molar-refractivity contribution in [3.05, 3.63) is 11.3 Å². The minimum atomic E-state index is 0.763. The van der Waals surface area contributed by atoms with Gasteiger partial charge in [-0.15, -0.1) is 0 Å². The van der Waals surface area contributed by atoms with Crippen molar-refractivity contribution in [2.75, 3.05) is 18.0 Å². The maximum atomic E-state index is 11.0. The lowest BCUT2D eigenvalue weighted by molar-refractivity contribution is 0.112. The Balaban J connectivity index is 1.99. The van der Waals surface area contributed by atoms with E-state index in [1.807, 2.05) is 18.7 Å². The number of aromatic nitrogens is 2. The molecule has 1 saturated carbocycles. The van der Waals surface area contributed by atoms with Crippen LogP contribution < -0.4 is 4.90 Å². The second-order valence-corrected chi connectivity index (χ2v) is 4.72. The van der Waals surface area contributed by atoms with Crippen LogP contribution in [-0.4, -0.2) is 29.2 Å². The topological polar surface area (TPSA) is 38.1 Å². The number of carbonyl (C=O) groups is 1. The van der Waals surface area contributed by atoms with Gasteiger partial charge in [-0.25, -0.2) is 0 Å². The van der Waals surface area contributed by atoms with E-state index in [0.717, 1.165) is 48.3 Å². The molecule has 2 heterocycles. The predicted octanol–water partition coefficient (Wildman–Crippen LogP) is 0.997. The summed E-state index contributed by atoms with van der Waals surface area (Å²) >= 11 is 0. The molecule has 1 aromatic rings. The highest BCUT2D eigenvalue weighted by Gasteiger charge is 2.46. The zero-order chi connectivity index (χ0) is 10.6. The van der Waals surface area contributed by atoms with Crippen LogP contribution in [0.4, 0.5) is 5.82 Å². The van der Waals surface area contributed by atoms with Crippen molar-refractivity contribution in [1.82, 2.24) is 9.78 Å². The molecule has 15 heavy (non-hydrogen) atoms. The molecule has 3 rings (SSSR count). The predicted molar refractivity (Wildman–Crippen MR) is 57.1 cm³/mol. The second-order valence-electron chi connectivity index (χ2n) is 4.72. The zero-order valence-corrected chi connectivity index (χ0v) is 9.10. The summed E-state index contributed by atoms with van der Waals surface area (Å²) in [7, 11) is 1.92. The van der Waals surface area contributed by atoms with Crippen LogP contribution in [-0.2, 0) is 7.05 Å². The van der Waals surface area contributed by atoms with Gasteiger partial charge in [0.2, 0.25) is 0 Å². The SMILES string of the molecule is Cc1nn(C)c(N2CC3CC3C2)c1C=O. The van der Waals surface area contributed by atoms with Crippen LogP contribution in [0, 0.1) is 18.8 Å². The summed E-state index contributed by atoms with van der Waals surface area (Å²) in [5, 5.41) is 4.31. The fourth-order valence-corrected chi connectivity index (χ4v) is 2.75. The molecule has 80 valence electrons. The van der Waals surface area contributed by atoms with Crippen molar-refractivity contribution in [1.29, 1.82) is 0 Å². The summed E-state index contributed by atoms with van der Waals surface area (Å²) in [6, 6.07) is 0. The molecule has 4 nitrogen and oxygen atoms in total. The number of hydrogen-bond acceptors (Lipinski definition) is 3. The van der Waals surface area contributed by atoms with Gasteiger partial charge in [-0.3, -0.25) is 9.48 Å². The smallest absolute Gasteiger partial charge is 0.155 e. The van der Waals surface area contributed by atoms with Crippen LogP contribution in [0.5, 0.6) is 0 Å². The fraction of sp³-hybridized carbons (Fsp3) is 0.636. The molecule has 0 bridgehead atoms. The van der Waals surface area contributed by atoms with Gasteiger partial charge in [0, 0.05) is 20.1 Å². The standard InChI is InChI=1S/C11H15N3O/c1-7-10(6-15)11(13(2)12-7)14-4-8-3-9(8)5-14/h6,8-9H,3-5H2,1-2H3. The minimum Gasteiger partial charge on any atom is -0.356 e. The van der Waals surface area contributed by atoms with Crippen LogP contribution >= 0.6 is 0 Å². The Kier molecular flexibility index (Phi) is 1.69. The van der Waals surface area contributed by atoms with E-state index in [0.29, 0.717) is 0 Å². The Hall–Kier alpha value is -1.32. The molecular weight excluding hydrogens is 190 g/mol. The van der Waals surface area contributed by atoms with Gasteiger partial charge in [0.05, 0.1) is 11.3 Å². The average molecular weight is 205 g/mol. The largest absolute Gasteiger partial charge is 0.356 e. The Morgan fingerprint density at radius 1 is 1.40 bits per heavy atom. The van der Waals surface area contributed by atoms with Crippen LogP contribution in [0.3, 0.4) is 0 Å². The number of hydrogen-bond donors (Lipinski definition) is 0. The molecule has 0 N–H and O–H groups in total. The fourth-order valence-electron chi connectivity index (χ4n) is 2.75. The number of rotatable bonds is 2. The lowest BCUT2D eigenvalue weighted by Gasteiger charge is -2.20. The molecule has 0 aromatic carbocycles. The Bertz CT molecular complexity index is 414. The van der Waals surface area contributed by atoms with Crippen molar-refractivity contribution >= 4 is 12.1 Å². The summed E-state index contributed by atoms with van der Waals surface area (Å²) in [6.07, 6.45) is 2.31. The summed E-state index contributed by atoms with van der Waals surface area (Å²) in [5.74, 6) is 2.76. The van der Waals surface area contributed by atoms with Crippen LogP contribution in [0.2, 0.25) is 0 Å². The first-order valence-electron chi connectivity index (χ1n) is 5.44. The van der Waals surface area contributed by atoms with E-state index in [9.17, 15) is 4.79 Å². The molecule has 0 amide bonds. The number of anilines is 1. The van der Waals surface area contributed by atoms with E-state index in [2.05, 4.69) is 10.00 Å². The molecule has 2 fully saturated rings. The lowest BCUT2D eigenvalue weighted by Crippen LogP contribution is -2.25. The van der Waals surface area contributed by atoms with Crippen LogP contribution in [0.1, 0.15) is 22.5 Å². The third kappa shape index (κ3) is 1.20. The molecule has 4 heteroatoms. The summed E-state index contributed by atoms with van der Waals surface area (Å²) in [6.45, 7) is 4.10. The van der Waals surface area contributed by atoms with Crippen molar-refractivity contribution in [3.63, 3.8) is 0 Å². The number of nitrogens with zero attached hydrogens (tertiary/aromatic N) is 3. The summed E-state index contributed by atoms with van der Waals surface area (Å²) in [5.41, 5.74) is 1.60. The molecule has 0 spiro atoms. The first kappa shape index (κ1) is 8.95. The van der Waals surface area contributed by atoms with Crippen LogP contribution in [0.25, 0.3) is 0 Å². The normalized spacial score (nSPS) is 28.0. The first-order valence-corrected chi connectivity index (χ1v) is 5.44. The van der Waals surface area contributed by atoms with Gasteiger partial charge in [0.1, 0.15) is 5.82 Å². The zero-order valence-electron chi connectivity index (χ0n) is 9.10. The highest BCUT2D eigenvalue weighted by molar-refractivity contribution is 5.85. The summed E-state index contributed by atoms with van der Waals surface area (Å²) in [4.78, 5) is 13.3. The Morgan fingerprint density at radius 3 is 2.67 bits per heavy atom. The molecule has 1 saturated heterocycles. The third-order valence-corrected chi connectivity index (χ3v) is 3.63. The lowest BCUT2D eigenvalue weighted by atomic mass is 10.2. The van der Waals surface area contributed by atoms with Gasteiger partial charge in [-0.1, -0.05) is 0 Å². The van der Waals surface area contributed by atoms with Gasteiger partial charge in [-0.2, -0.15) is 5.10 Å². The Labute approximate surface area is 88.9 Å². The van der Waals surface area contributed by atoms with Crippen molar-refractivity contribution in [3.8, 4) is 0 Å². The minimum absolute atomic E-state index is 0.763. The van der Waals surface area contributed by atoms with E-state index in [1.165, 1.54) is 6.42 Å². The molecule has 2 unspecified atom stereocenters. The molecule has 1 aliphatic carbocycles. The molecule has 2 atom stereocenters. The number of aldehydes is 1. The van der Waals surface area contributed by atoms with Crippen molar-refractivity contribution in [2.45, 2.75) is 13.3 Å². The highest BCUT2D eigenvalue weighted by atomic mass is 16.1. The molecule has 1 aromatic heterocycles. The van der Waals surface area contributed by atoms with Crippen molar-refractivity contribution in [2.24, 2.45) is 18.9 Å². The van der Waals surface area contributed by atoms with E-state index in [1.54, 1.807) is 0 Å². The average Bonchev–Trinajstić information content (AvgIpc) is 2.69. The molecule has 2 aliphatic rings. The number of carbonyl (C=O) groups excluding carboxylic acids is 1. The number of fused-ring (bicyclic) bond motifs is 1. The number of piperidine rings is 1. The van der Waals surface area contributed by atoms with Gasteiger partial charge in [0.25, 0.3) is 0 Å². The number of aryl methyl sites for hydroxylation is 2. The molecule has 1 aliphatic heterocycles. The van der Waals surface area contributed by atoms with Gasteiger partial charge < -0.3 is 4.90 Å². The first-order chi connectivity index (χ1) is 7.20. The second kappa shape index (κ2) is 2.84. The monoisotopic (exact) mass is 205 g/mol.